The van der Waals surface area contributed by atoms with Gasteiger partial charge in [0.25, 0.3) is 5.91 Å². The van der Waals surface area contributed by atoms with Crippen LogP contribution in [0.3, 0.4) is 0 Å². The number of nitrogens with one attached hydrogen (secondary N) is 1. The monoisotopic (exact) mass is 341 g/mol. The minimum absolute atomic E-state index is 0.0525. The van der Waals surface area contributed by atoms with Gasteiger partial charge in [0.1, 0.15) is 6.17 Å². The number of halogens is 1. The zero-order chi connectivity index (χ0) is 16.7. The molecule has 1 saturated heterocycles. The molecular weight excluding hydrogens is 322 g/mol. The molecule has 2 aliphatic heterocycles. The number of hydrogen-bond acceptors (Lipinski definition) is 3. The predicted molar refractivity (Wildman–Crippen MR) is 96.2 cm³/mol. The molecule has 0 aromatic heterocycles. The van der Waals surface area contributed by atoms with Crippen molar-refractivity contribution in [3.63, 3.8) is 0 Å². The number of nitrogens with zero attached hydrogens (tertiary/aromatic N) is 2. The lowest BCUT2D eigenvalue weighted by molar-refractivity contribution is -0.127. The first-order valence-corrected chi connectivity index (χ1v) is 8.81. The molecular formula is C19H20ClN3O. The average Bonchev–Trinajstić information content (AvgIpc) is 2.99. The minimum atomic E-state index is -0.228. The molecule has 0 bridgehead atoms. The minimum Gasteiger partial charge on any atom is -0.315 e. The molecule has 4 atom stereocenters. The number of carbonyl (C=O) groups excluding carboxylic acids is 1. The second-order valence-corrected chi connectivity index (χ2v) is 7.01. The fraction of sp³-hybridized carbons (Fsp3) is 0.368. The Labute approximate surface area is 146 Å². The Bertz CT molecular complexity index is 740. The summed E-state index contributed by atoms with van der Waals surface area (Å²) in [4.78, 5) is 19.4. The fourth-order valence-electron chi connectivity index (χ4n) is 3.65. The Balaban J connectivity index is 1.56. The van der Waals surface area contributed by atoms with Crippen LogP contribution < -0.4 is 5.32 Å². The molecule has 5 heteroatoms. The summed E-state index contributed by atoms with van der Waals surface area (Å²) in [5.74, 6) is 0.0525. The van der Waals surface area contributed by atoms with E-state index in [1.165, 1.54) is 5.56 Å². The summed E-state index contributed by atoms with van der Waals surface area (Å²) in [5.41, 5.74) is 2.65. The highest BCUT2D eigenvalue weighted by Gasteiger charge is 2.42. The van der Waals surface area contributed by atoms with Crippen LogP contribution in [0.2, 0.25) is 0 Å². The van der Waals surface area contributed by atoms with Crippen molar-refractivity contribution in [3.05, 3.63) is 59.7 Å². The molecule has 1 amide bonds. The van der Waals surface area contributed by atoms with Crippen LogP contribution in [0.25, 0.3) is 0 Å². The Hall–Kier alpha value is -1.91. The second-order valence-electron chi connectivity index (χ2n) is 6.50. The lowest BCUT2D eigenvalue weighted by Crippen LogP contribution is -2.49. The Morgan fingerprint density at radius 1 is 1.33 bits per heavy atom. The number of carbonyl (C=O) groups is 1. The number of fused-ring (bicyclic) bond motifs is 2. The van der Waals surface area contributed by atoms with Gasteiger partial charge in [0.05, 0.1) is 22.7 Å². The molecule has 4 rings (SSSR count). The average molecular weight is 342 g/mol. The largest absolute Gasteiger partial charge is 0.315 e. The molecule has 24 heavy (non-hydrogen) atoms. The maximum Gasteiger partial charge on any atom is 0.257 e. The van der Waals surface area contributed by atoms with Crippen molar-refractivity contribution in [2.24, 2.45) is 4.99 Å². The molecule has 0 spiro atoms. The van der Waals surface area contributed by atoms with E-state index in [1.54, 1.807) is 6.08 Å². The normalized spacial score (nSPS) is 29.7. The van der Waals surface area contributed by atoms with Crippen molar-refractivity contribution in [1.29, 1.82) is 0 Å². The Morgan fingerprint density at radius 2 is 2.12 bits per heavy atom. The lowest BCUT2D eigenvalue weighted by Gasteiger charge is -2.33. The predicted octanol–water partition coefficient (Wildman–Crippen LogP) is 2.82. The maximum absolute atomic E-state index is 12.7. The highest BCUT2D eigenvalue weighted by Crippen LogP contribution is 2.30. The third-order valence-electron chi connectivity index (χ3n) is 4.93. The Morgan fingerprint density at radius 3 is 2.92 bits per heavy atom. The summed E-state index contributed by atoms with van der Waals surface area (Å²) in [6, 6.07) is 10.7. The number of rotatable bonds is 3. The first-order chi connectivity index (χ1) is 11.6. The molecule has 2 heterocycles. The smallest absolute Gasteiger partial charge is 0.257 e. The van der Waals surface area contributed by atoms with E-state index in [2.05, 4.69) is 24.4 Å². The van der Waals surface area contributed by atoms with Crippen LogP contribution in [0, 0.1) is 0 Å². The Kier molecular flexibility index (Phi) is 4.02. The van der Waals surface area contributed by atoms with Crippen molar-refractivity contribution in [2.75, 3.05) is 6.54 Å². The SMILES string of the molecule is CC(NC1CCN2C(=O)C3=CC(Cl)C=CC3=NC12)c1ccccc1. The number of aliphatic imine (C=N–C) groups is 1. The molecule has 1 aromatic rings. The van der Waals surface area contributed by atoms with Gasteiger partial charge in [0, 0.05) is 12.6 Å². The second kappa shape index (κ2) is 6.19. The van der Waals surface area contributed by atoms with Crippen LogP contribution in [-0.4, -0.2) is 40.6 Å². The van der Waals surface area contributed by atoms with Gasteiger partial charge in [-0.25, -0.2) is 0 Å². The topological polar surface area (TPSA) is 44.7 Å². The molecule has 1 N–H and O–H groups in total. The van der Waals surface area contributed by atoms with Gasteiger partial charge in [-0.15, -0.1) is 11.6 Å². The van der Waals surface area contributed by atoms with Crippen molar-refractivity contribution in [3.8, 4) is 0 Å². The van der Waals surface area contributed by atoms with E-state index >= 15 is 0 Å². The van der Waals surface area contributed by atoms with Crippen LogP contribution in [0.5, 0.6) is 0 Å². The van der Waals surface area contributed by atoms with Gasteiger partial charge in [0.2, 0.25) is 0 Å². The summed E-state index contributed by atoms with van der Waals surface area (Å²) in [7, 11) is 0. The van der Waals surface area contributed by atoms with Gasteiger partial charge in [0.15, 0.2) is 0 Å². The zero-order valence-electron chi connectivity index (χ0n) is 13.5. The molecule has 1 fully saturated rings. The van der Waals surface area contributed by atoms with Crippen LogP contribution in [0.4, 0.5) is 0 Å². The highest BCUT2D eigenvalue weighted by molar-refractivity contribution is 6.31. The summed E-state index contributed by atoms with van der Waals surface area (Å²) < 4.78 is 0. The molecule has 1 aliphatic carbocycles. The van der Waals surface area contributed by atoms with Crippen LogP contribution in [-0.2, 0) is 4.79 Å². The number of alkyl halides is 1. The van der Waals surface area contributed by atoms with E-state index in [9.17, 15) is 4.79 Å². The van der Waals surface area contributed by atoms with Crippen molar-refractivity contribution in [1.82, 2.24) is 10.2 Å². The van der Waals surface area contributed by atoms with Crippen LogP contribution in [0.1, 0.15) is 24.9 Å². The molecule has 3 aliphatic rings. The van der Waals surface area contributed by atoms with Crippen LogP contribution in [0.15, 0.2) is 59.1 Å². The van der Waals surface area contributed by atoms with Gasteiger partial charge < -0.3 is 10.2 Å². The number of amides is 1. The maximum atomic E-state index is 12.7. The van der Waals surface area contributed by atoms with E-state index in [1.807, 2.05) is 35.3 Å². The van der Waals surface area contributed by atoms with Crippen LogP contribution >= 0.6 is 11.6 Å². The summed E-state index contributed by atoms with van der Waals surface area (Å²) in [6.07, 6.45) is 6.32. The quantitative estimate of drug-likeness (QED) is 0.859. The molecule has 0 radical (unpaired) electrons. The lowest BCUT2D eigenvalue weighted by atomic mass is 9.99. The van der Waals surface area contributed by atoms with Gasteiger partial charge in [-0.05, 0) is 31.1 Å². The summed E-state index contributed by atoms with van der Waals surface area (Å²) in [5, 5.41) is 3.42. The van der Waals surface area contributed by atoms with E-state index in [-0.39, 0.29) is 29.5 Å². The standard InChI is InChI=1S/C19H20ClN3O/c1-12(13-5-3-2-4-6-13)21-17-9-10-23-18(17)22-16-8-7-14(20)11-15(16)19(23)24/h2-8,11-12,14,17-18,21H,9-10H2,1H3. The van der Waals surface area contributed by atoms with E-state index in [4.69, 9.17) is 16.6 Å². The van der Waals surface area contributed by atoms with Gasteiger partial charge in [-0.1, -0.05) is 36.4 Å². The molecule has 124 valence electrons. The van der Waals surface area contributed by atoms with E-state index < -0.39 is 0 Å². The van der Waals surface area contributed by atoms with Gasteiger partial charge in [-0.3, -0.25) is 9.79 Å². The number of hydrogen-bond donors (Lipinski definition) is 1. The summed E-state index contributed by atoms with van der Waals surface area (Å²) >= 11 is 6.11. The zero-order valence-corrected chi connectivity index (χ0v) is 14.3. The van der Waals surface area contributed by atoms with Gasteiger partial charge >= 0.3 is 0 Å². The molecule has 1 aromatic carbocycles. The third kappa shape index (κ3) is 2.70. The molecule has 4 nitrogen and oxygen atoms in total. The van der Waals surface area contributed by atoms with Crippen molar-refractivity contribution in [2.45, 2.75) is 37.0 Å². The van der Waals surface area contributed by atoms with Crippen molar-refractivity contribution >= 4 is 23.2 Å². The first-order valence-electron chi connectivity index (χ1n) is 8.38. The van der Waals surface area contributed by atoms with E-state index in [0.29, 0.717) is 5.57 Å². The number of benzene rings is 1. The number of allylic oxidation sites excluding steroid dienone is 3. The summed E-state index contributed by atoms with van der Waals surface area (Å²) in [6.45, 7) is 2.88. The van der Waals surface area contributed by atoms with Gasteiger partial charge in [-0.2, -0.15) is 0 Å². The first kappa shape index (κ1) is 15.6. The fourth-order valence-corrected chi connectivity index (χ4v) is 3.85. The highest BCUT2D eigenvalue weighted by atomic mass is 35.5. The van der Waals surface area contributed by atoms with E-state index in [0.717, 1.165) is 18.7 Å². The van der Waals surface area contributed by atoms with Crippen molar-refractivity contribution < 1.29 is 4.79 Å². The molecule has 4 unspecified atom stereocenters. The third-order valence-corrected chi connectivity index (χ3v) is 5.20. The molecule has 0 saturated carbocycles.